The molecular weight excluding hydrogens is 347 g/mol. The molecule has 0 atom stereocenters. The number of amides is 1. The summed E-state index contributed by atoms with van der Waals surface area (Å²) in [6.45, 7) is 2.93. The maximum absolute atomic E-state index is 12.0. The van der Waals surface area contributed by atoms with E-state index in [0.717, 1.165) is 24.3 Å². The first kappa shape index (κ1) is 18.4. The Morgan fingerprint density at radius 1 is 1.17 bits per heavy atom. The number of hydrogen-bond donors (Lipinski definition) is 2. The zero-order valence-electron chi connectivity index (χ0n) is 13.4. The van der Waals surface area contributed by atoms with Crippen LogP contribution < -0.4 is 15.4 Å². The van der Waals surface area contributed by atoms with Crippen LogP contribution in [0.4, 0.5) is 11.4 Å². The quantitative estimate of drug-likeness (QED) is 0.629. The second kappa shape index (κ2) is 9.40. The van der Waals surface area contributed by atoms with E-state index in [1.54, 1.807) is 18.2 Å². The molecule has 0 saturated carbocycles. The highest BCUT2D eigenvalue weighted by molar-refractivity contribution is 6.36. The minimum atomic E-state index is -0.198. The Hall–Kier alpha value is -1.91. The van der Waals surface area contributed by atoms with Gasteiger partial charge in [-0.05, 0) is 36.8 Å². The molecule has 0 unspecified atom stereocenters. The summed E-state index contributed by atoms with van der Waals surface area (Å²) in [6.07, 6.45) is 2.10. The molecule has 0 radical (unpaired) electrons. The highest BCUT2D eigenvalue weighted by atomic mass is 35.5. The first-order chi connectivity index (χ1) is 11.6. The maximum atomic E-state index is 12.0. The summed E-state index contributed by atoms with van der Waals surface area (Å²) < 4.78 is 5.65. The van der Waals surface area contributed by atoms with Crippen molar-refractivity contribution in [3.8, 4) is 5.75 Å². The first-order valence-corrected chi connectivity index (χ1v) is 8.55. The van der Waals surface area contributed by atoms with E-state index >= 15 is 0 Å². The molecular formula is C18H20Cl2N2O2. The number of carbonyl (C=O) groups excluding carboxylic acids is 1. The molecule has 24 heavy (non-hydrogen) atoms. The van der Waals surface area contributed by atoms with Gasteiger partial charge in [0.05, 0.1) is 23.9 Å². The van der Waals surface area contributed by atoms with Crippen molar-refractivity contribution in [1.29, 1.82) is 0 Å². The number of hydrogen-bond acceptors (Lipinski definition) is 3. The van der Waals surface area contributed by atoms with Crippen LogP contribution in [-0.4, -0.2) is 19.1 Å². The monoisotopic (exact) mass is 366 g/mol. The summed E-state index contributed by atoms with van der Waals surface area (Å²) in [5.41, 5.74) is 1.35. The van der Waals surface area contributed by atoms with Gasteiger partial charge in [-0.25, -0.2) is 0 Å². The van der Waals surface area contributed by atoms with Gasteiger partial charge in [0.2, 0.25) is 5.91 Å². The molecule has 2 rings (SSSR count). The maximum Gasteiger partial charge on any atom is 0.243 e. The number of benzene rings is 2. The predicted molar refractivity (Wildman–Crippen MR) is 100 cm³/mol. The molecule has 4 nitrogen and oxygen atoms in total. The summed E-state index contributed by atoms with van der Waals surface area (Å²) in [5.74, 6) is 0.589. The molecule has 2 aromatic carbocycles. The topological polar surface area (TPSA) is 50.4 Å². The van der Waals surface area contributed by atoms with E-state index in [9.17, 15) is 4.79 Å². The molecule has 0 aromatic heterocycles. The van der Waals surface area contributed by atoms with Crippen LogP contribution in [0.25, 0.3) is 0 Å². The fourth-order valence-electron chi connectivity index (χ4n) is 2.00. The molecule has 2 N–H and O–H groups in total. The number of halogens is 2. The second-order valence-corrected chi connectivity index (χ2v) is 6.10. The number of nitrogens with one attached hydrogen (secondary N) is 2. The number of carbonyl (C=O) groups is 1. The van der Waals surface area contributed by atoms with Gasteiger partial charge in [-0.3, -0.25) is 4.79 Å². The van der Waals surface area contributed by atoms with E-state index in [-0.39, 0.29) is 12.5 Å². The zero-order chi connectivity index (χ0) is 17.4. The fraction of sp³-hybridized carbons (Fsp3) is 0.278. The van der Waals surface area contributed by atoms with Gasteiger partial charge in [-0.1, -0.05) is 42.6 Å². The van der Waals surface area contributed by atoms with E-state index in [1.807, 2.05) is 24.3 Å². The van der Waals surface area contributed by atoms with Crippen molar-refractivity contribution in [3.63, 3.8) is 0 Å². The van der Waals surface area contributed by atoms with E-state index in [1.165, 1.54) is 0 Å². The molecule has 0 aliphatic carbocycles. The van der Waals surface area contributed by atoms with Crippen molar-refractivity contribution in [3.05, 3.63) is 52.5 Å². The minimum Gasteiger partial charge on any atom is -0.494 e. The van der Waals surface area contributed by atoms with Crippen molar-refractivity contribution >= 4 is 40.5 Å². The molecule has 1 amide bonds. The third kappa shape index (κ3) is 5.95. The lowest BCUT2D eigenvalue weighted by Gasteiger charge is -2.11. The van der Waals surface area contributed by atoms with Crippen molar-refractivity contribution in [2.75, 3.05) is 23.8 Å². The third-order valence-electron chi connectivity index (χ3n) is 3.26. The number of ether oxygens (including phenoxy) is 1. The molecule has 128 valence electrons. The van der Waals surface area contributed by atoms with Gasteiger partial charge in [-0.15, -0.1) is 0 Å². The van der Waals surface area contributed by atoms with Crippen LogP contribution in [0.1, 0.15) is 19.8 Å². The molecule has 2 aromatic rings. The summed E-state index contributed by atoms with van der Waals surface area (Å²) in [4.78, 5) is 12.0. The Kier molecular flexibility index (Phi) is 7.22. The Bertz CT molecular complexity index is 692. The minimum absolute atomic E-state index is 0.122. The summed E-state index contributed by atoms with van der Waals surface area (Å²) >= 11 is 11.9. The molecule has 6 heteroatoms. The van der Waals surface area contributed by atoms with Crippen LogP contribution >= 0.6 is 23.2 Å². The standard InChI is InChI=1S/C18H20Cl2N2O2/c1-2-3-9-24-15-6-4-5-14(11-15)21-12-18(23)22-17-8-7-13(19)10-16(17)20/h4-8,10-11,21H,2-3,9,12H2,1H3,(H,22,23). The van der Waals surface area contributed by atoms with E-state index in [4.69, 9.17) is 27.9 Å². The van der Waals surface area contributed by atoms with Gasteiger partial charge < -0.3 is 15.4 Å². The zero-order valence-corrected chi connectivity index (χ0v) is 15.0. The number of rotatable bonds is 8. The van der Waals surface area contributed by atoms with Crippen molar-refractivity contribution in [2.45, 2.75) is 19.8 Å². The SMILES string of the molecule is CCCCOc1cccc(NCC(=O)Nc2ccc(Cl)cc2Cl)c1. The largest absolute Gasteiger partial charge is 0.494 e. The molecule has 0 fully saturated rings. The summed E-state index contributed by atoms with van der Waals surface area (Å²) in [7, 11) is 0. The van der Waals surface area contributed by atoms with E-state index in [2.05, 4.69) is 17.6 Å². The fourth-order valence-corrected chi connectivity index (χ4v) is 2.45. The highest BCUT2D eigenvalue weighted by Gasteiger charge is 2.06. The average Bonchev–Trinajstić information content (AvgIpc) is 2.56. The Morgan fingerprint density at radius 2 is 2.00 bits per heavy atom. The molecule has 0 spiro atoms. The summed E-state index contributed by atoms with van der Waals surface area (Å²) in [5, 5.41) is 6.73. The smallest absolute Gasteiger partial charge is 0.243 e. The first-order valence-electron chi connectivity index (χ1n) is 7.80. The van der Waals surface area contributed by atoms with Crippen LogP contribution in [0.15, 0.2) is 42.5 Å². The summed E-state index contributed by atoms with van der Waals surface area (Å²) in [6, 6.07) is 12.5. The van der Waals surface area contributed by atoms with E-state index < -0.39 is 0 Å². The second-order valence-electron chi connectivity index (χ2n) is 5.26. The Balaban J connectivity index is 1.86. The lowest BCUT2D eigenvalue weighted by atomic mass is 10.3. The van der Waals surface area contributed by atoms with Crippen molar-refractivity contribution in [2.24, 2.45) is 0 Å². The lowest BCUT2D eigenvalue weighted by Crippen LogP contribution is -2.21. The van der Waals surface area contributed by atoms with Gasteiger partial charge in [0.25, 0.3) is 0 Å². The van der Waals surface area contributed by atoms with Crippen LogP contribution in [0.2, 0.25) is 10.0 Å². The van der Waals surface area contributed by atoms with Gasteiger partial charge in [0, 0.05) is 16.8 Å². The molecule has 0 heterocycles. The van der Waals surface area contributed by atoms with Gasteiger partial charge in [0.1, 0.15) is 5.75 Å². The van der Waals surface area contributed by atoms with Crippen LogP contribution in [0, 0.1) is 0 Å². The average molecular weight is 367 g/mol. The normalized spacial score (nSPS) is 10.3. The number of unbranched alkanes of at least 4 members (excludes halogenated alkanes) is 1. The molecule has 0 saturated heterocycles. The Morgan fingerprint density at radius 3 is 2.75 bits per heavy atom. The molecule has 0 aliphatic rings. The predicted octanol–water partition coefficient (Wildman–Crippen LogP) is 5.22. The van der Waals surface area contributed by atoms with Gasteiger partial charge in [-0.2, -0.15) is 0 Å². The van der Waals surface area contributed by atoms with E-state index in [0.29, 0.717) is 22.3 Å². The molecule has 0 bridgehead atoms. The lowest BCUT2D eigenvalue weighted by molar-refractivity contribution is -0.114. The highest BCUT2D eigenvalue weighted by Crippen LogP contribution is 2.25. The Labute approximate surface area is 152 Å². The van der Waals surface area contributed by atoms with Crippen LogP contribution in [0.3, 0.4) is 0 Å². The van der Waals surface area contributed by atoms with Gasteiger partial charge in [0.15, 0.2) is 0 Å². The van der Waals surface area contributed by atoms with Crippen molar-refractivity contribution in [1.82, 2.24) is 0 Å². The van der Waals surface area contributed by atoms with Crippen LogP contribution in [-0.2, 0) is 4.79 Å². The number of anilines is 2. The van der Waals surface area contributed by atoms with Crippen LogP contribution in [0.5, 0.6) is 5.75 Å². The van der Waals surface area contributed by atoms with Gasteiger partial charge >= 0.3 is 0 Å². The molecule has 0 aliphatic heterocycles. The van der Waals surface area contributed by atoms with Crippen molar-refractivity contribution < 1.29 is 9.53 Å². The third-order valence-corrected chi connectivity index (χ3v) is 3.81.